The summed E-state index contributed by atoms with van der Waals surface area (Å²) >= 11 is 0. The van der Waals surface area contributed by atoms with Gasteiger partial charge in [0.05, 0.1) is 11.0 Å². The Kier molecular flexibility index (Phi) is 4.96. The average Bonchev–Trinajstić information content (AvgIpc) is 2.96. The van der Waals surface area contributed by atoms with Crippen molar-refractivity contribution in [3.8, 4) is 0 Å². The Bertz CT molecular complexity index is 633. The Morgan fingerprint density at radius 1 is 1.39 bits per heavy atom. The number of piperidine rings is 1. The number of imidazole rings is 1. The Balaban J connectivity index is 1.48. The summed E-state index contributed by atoms with van der Waals surface area (Å²) in [6, 6.07) is 8.51. The highest BCUT2D eigenvalue weighted by Crippen LogP contribution is 2.18. The lowest BCUT2D eigenvalue weighted by Gasteiger charge is -2.30. The normalized spacial score (nSPS) is 21.5. The molecule has 2 aromatic rings. The number of nitrogens with one attached hydrogen (secondary N) is 2. The first-order valence-corrected chi connectivity index (χ1v) is 8.55. The first kappa shape index (κ1) is 16.0. The van der Waals surface area contributed by atoms with Crippen LogP contribution in [0, 0.1) is 5.92 Å². The Labute approximate surface area is 137 Å². The first-order valence-electron chi connectivity index (χ1n) is 8.55. The van der Waals surface area contributed by atoms with E-state index in [1.165, 1.54) is 0 Å². The predicted octanol–water partition coefficient (Wildman–Crippen LogP) is 2.34. The molecule has 1 aliphatic rings. The summed E-state index contributed by atoms with van der Waals surface area (Å²) in [6.45, 7) is 3.89. The van der Waals surface area contributed by atoms with Gasteiger partial charge in [-0.05, 0) is 44.9 Å². The first-order chi connectivity index (χ1) is 11.1. The molecule has 1 fully saturated rings. The summed E-state index contributed by atoms with van der Waals surface area (Å²) in [5, 5.41) is 3.40. The quantitative estimate of drug-likeness (QED) is 0.890. The molecule has 2 N–H and O–H groups in total. The highest BCUT2D eigenvalue weighted by molar-refractivity contribution is 5.78. The van der Waals surface area contributed by atoms with Crippen molar-refractivity contribution in [2.24, 2.45) is 5.92 Å². The van der Waals surface area contributed by atoms with Gasteiger partial charge in [-0.2, -0.15) is 0 Å². The smallest absolute Gasteiger partial charge is 0.225 e. The van der Waals surface area contributed by atoms with Gasteiger partial charge in [-0.15, -0.1) is 0 Å². The number of para-hydroxylation sites is 2. The lowest BCUT2D eigenvalue weighted by atomic mass is 9.92. The molecule has 0 radical (unpaired) electrons. The van der Waals surface area contributed by atoms with E-state index in [4.69, 9.17) is 0 Å². The fourth-order valence-electron chi connectivity index (χ4n) is 3.39. The van der Waals surface area contributed by atoms with Gasteiger partial charge < -0.3 is 15.2 Å². The van der Waals surface area contributed by atoms with Crippen LogP contribution in [0.2, 0.25) is 0 Å². The standard InChI is InChI=1S/C18H26N4O/c1-13-12-14(9-10-19-13)18(23)22(2)11-5-8-17-20-15-6-3-4-7-16(15)21-17/h3-4,6-7,13-14,19H,5,8-12H2,1-2H3,(H,20,21)/t13-,14-/m0/s1. The molecule has 0 spiro atoms. The van der Waals surface area contributed by atoms with Crippen LogP contribution in [0.5, 0.6) is 0 Å². The van der Waals surface area contributed by atoms with Crippen molar-refractivity contribution < 1.29 is 4.79 Å². The van der Waals surface area contributed by atoms with Gasteiger partial charge in [0.1, 0.15) is 5.82 Å². The summed E-state index contributed by atoms with van der Waals surface area (Å²) in [5.74, 6) is 1.48. The third-order valence-electron chi connectivity index (χ3n) is 4.69. The van der Waals surface area contributed by atoms with Crippen LogP contribution in [0.15, 0.2) is 24.3 Å². The molecular weight excluding hydrogens is 288 g/mol. The highest BCUT2D eigenvalue weighted by Gasteiger charge is 2.26. The molecule has 1 saturated heterocycles. The van der Waals surface area contributed by atoms with Gasteiger partial charge in [-0.1, -0.05) is 12.1 Å². The van der Waals surface area contributed by atoms with E-state index in [1.54, 1.807) is 0 Å². The van der Waals surface area contributed by atoms with Gasteiger partial charge >= 0.3 is 0 Å². The van der Waals surface area contributed by atoms with Gasteiger partial charge in [0.15, 0.2) is 0 Å². The number of H-pyrrole nitrogens is 1. The zero-order chi connectivity index (χ0) is 16.2. The summed E-state index contributed by atoms with van der Waals surface area (Å²) in [4.78, 5) is 22.3. The summed E-state index contributed by atoms with van der Waals surface area (Å²) in [7, 11) is 1.92. The maximum Gasteiger partial charge on any atom is 0.225 e. The molecule has 2 heterocycles. The Morgan fingerprint density at radius 2 is 2.22 bits per heavy atom. The van der Waals surface area contributed by atoms with Crippen LogP contribution >= 0.6 is 0 Å². The van der Waals surface area contributed by atoms with Gasteiger partial charge in [0.2, 0.25) is 5.91 Å². The number of benzene rings is 1. The highest BCUT2D eigenvalue weighted by atomic mass is 16.2. The molecule has 2 atom stereocenters. The van der Waals surface area contributed by atoms with Crippen LogP contribution in [0.3, 0.4) is 0 Å². The fourth-order valence-corrected chi connectivity index (χ4v) is 3.39. The number of aromatic nitrogens is 2. The number of hydrogen-bond acceptors (Lipinski definition) is 3. The number of amides is 1. The van der Waals surface area contributed by atoms with Crippen molar-refractivity contribution >= 4 is 16.9 Å². The number of rotatable bonds is 5. The maximum atomic E-state index is 12.5. The van der Waals surface area contributed by atoms with E-state index in [0.29, 0.717) is 11.9 Å². The number of carbonyl (C=O) groups excluding carboxylic acids is 1. The molecule has 23 heavy (non-hydrogen) atoms. The van der Waals surface area contributed by atoms with Crippen molar-refractivity contribution in [2.45, 2.75) is 38.6 Å². The second-order valence-corrected chi connectivity index (χ2v) is 6.64. The summed E-state index contributed by atoms with van der Waals surface area (Å²) < 4.78 is 0. The van der Waals surface area contributed by atoms with E-state index in [-0.39, 0.29) is 5.92 Å². The topological polar surface area (TPSA) is 61.0 Å². The average molecular weight is 314 g/mol. The number of hydrogen-bond donors (Lipinski definition) is 2. The minimum absolute atomic E-state index is 0.183. The Morgan fingerprint density at radius 3 is 3.00 bits per heavy atom. The fraction of sp³-hybridized carbons (Fsp3) is 0.556. The van der Waals surface area contributed by atoms with E-state index in [2.05, 4.69) is 22.2 Å². The van der Waals surface area contributed by atoms with E-state index in [9.17, 15) is 4.79 Å². The van der Waals surface area contributed by atoms with Gasteiger partial charge in [-0.25, -0.2) is 4.98 Å². The van der Waals surface area contributed by atoms with Crippen molar-refractivity contribution in [1.82, 2.24) is 20.2 Å². The maximum absolute atomic E-state index is 12.5. The summed E-state index contributed by atoms with van der Waals surface area (Å²) in [5.41, 5.74) is 2.09. The predicted molar refractivity (Wildman–Crippen MR) is 92.2 cm³/mol. The number of nitrogens with zero attached hydrogens (tertiary/aromatic N) is 2. The molecule has 3 rings (SSSR count). The number of aryl methyl sites for hydroxylation is 1. The van der Waals surface area contributed by atoms with E-state index in [1.807, 2.05) is 36.2 Å². The molecule has 124 valence electrons. The molecular formula is C18H26N4O. The van der Waals surface area contributed by atoms with Crippen molar-refractivity contribution in [3.63, 3.8) is 0 Å². The molecule has 1 aromatic carbocycles. The van der Waals surface area contributed by atoms with Crippen LogP contribution in [-0.2, 0) is 11.2 Å². The monoisotopic (exact) mass is 314 g/mol. The minimum Gasteiger partial charge on any atom is -0.346 e. The second kappa shape index (κ2) is 7.13. The zero-order valence-electron chi connectivity index (χ0n) is 14.0. The van der Waals surface area contributed by atoms with Crippen molar-refractivity contribution in [3.05, 3.63) is 30.1 Å². The van der Waals surface area contributed by atoms with Crippen LogP contribution in [0.1, 0.15) is 32.0 Å². The minimum atomic E-state index is 0.183. The molecule has 1 aliphatic heterocycles. The van der Waals surface area contributed by atoms with Crippen LogP contribution in [0.25, 0.3) is 11.0 Å². The number of aromatic amines is 1. The summed E-state index contributed by atoms with van der Waals surface area (Å²) in [6.07, 6.45) is 3.71. The van der Waals surface area contributed by atoms with Crippen molar-refractivity contribution in [1.29, 1.82) is 0 Å². The van der Waals surface area contributed by atoms with E-state index >= 15 is 0 Å². The zero-order valence-corrected chi connectivity index (χ0v) is 14.0. The molecule has 5 nitrogen and oxygen atoms in total. The largest absolute Gasteiger partial charge is 0.346 e. The van der Waals surface area contributed by atoms with Crippen LogP contribution in [0.4, 0.5) is 0 Å². The lowest BCUT2D eigenvalue weighted by molar-refractivity contribution is -0.135. The molecule has 5 heteroatoms. The number of fused-ring (bicyclic) bond motifs is 1. The van der Waals surface area contributed by atoms with E-state index < -0.39 is 0 Å². The van der Waals surface area contributed by atoms with Gasteiger partial charge in [0.25, 0.3) is 0 Å². The van der Waals surface area contributed by atoms with Gasteiger partial charge in [-0.3, -0.25) is 4.79 Å². The Hall–Kier alpha value is -1.88. The van der Waals surface area contributed by atoms with E-state index in [0.717, 1.165) is 55.6 Å². The molecule has 1 amide bonds. The van der Waals surface area contributed by atoms with Gasteiger partial charge in [0, 0.05) is 32.0 Å². The van der Waals surface area contributed by atoms with Crippen molar-refractivity contribution in [2.75, 3.05) is 20.1 Å². The van der Waals surface area contributed by atoms with Crippen LogP contribution in [-0.4, -0.2) is 47.0 Å². The van der Waals surface area contributed by atoms with Crippen LogP contribution < -0.4 is 5.32 Å². The third kappa shape index (κ3) is 3.91. The molecule has 0 aliphatic carbocycles. The second-order valence-electron chi connectivity index (χ2n) is 6.64. The molecule has 1 aromatic heterocycles. The number of carbonyl (C=O) groups is 1. The molecule has 0 unspecified atom stereocenters. The molecule has 0 bridgehead atoms. The SMILES string of the molecule is C[C@H]1C[C@@H](C(=O)N(C)CCCc2nc3ccccc3[nH]2)CCN1. The molecule has 0 saturated carbocycles. The lowest BCUT2D eigenvalue weighted by Crippen LogP contribution is -2.43. The third-order valence-corrected chi connectivity index (χ3v) is 4.69.